The molecule has 1 atom stereocenters. The SMILES string of the molecule is CC(=O)[C@@H](Cc1ccccc1)NC(=O)COC(=O)c1cc(=O)[nH]c2ccccc12. The average molecular weight is 392 g/mol. The lowest BCUT2D eigenvalue weighted by atomic mass is 10.0. The molecule has 0 fully saturated rings. The molecule has 2 N–H and O–H groups in total. The predicted molar refractivity (Wildman–Crippen MR) is 108 cm³/mol. The first-order chi connectivity index (χ1) is 13.9. The molecule has 0 aliphatic carbocycles. The first-order valence-corrected chi connectivity index (χ1v) is 9.07. The standard InChI is InChI=1S/C22H20N2O5/c1-14(25)19(11-15-7-3-2-4-8-15)24-21(27)13-29-22(28)17-12-20(26)23-18-10-6-5-9-16(17)18/h2-10,12,19H,11,13H2,1H3,(H,23,26)(H,24,27)/t19-/m1/s1. The Balaban J connectivity index is 1.65. The second kappa shape index (κ2) is 8.97. The molecule has 29 heavy (non-hydrogen) atoms. The molecule has 1 amide bonds. The van der Waals surface area contributed by atoms with Crippen LogP contribution in [-0.2, 0) is 20.7 Å². The average Bonchev–Trinajstić information content (AvgIpc) is 2.71. The maximum Gasteiger partial charge on any atom is 0.339 e. The molecule has 1 heterocycles. The van der Waals surface area contributed by atoms with Crippen LogP contribution >= 0.6 is 0 Å². The van der Waals surface area contributed by atoms with E-state index in [-0.39, 0.29) is 11.3 Å². The van der Waals surface area contributed by atoms with Crippen molar-refractivity contribution >= 4 is 28.6 Å². The number of ether oxygens (including phenoxy) is 1. The Kier molecular flexibility index (Phi) is 6.19. The Bertz CT molecular complexity index is 1100. The van der Waals surface area contributed by atoms with Gasteiger partial charge in [0.2, 0.25) is 5.56 Å². The Morgan fingerprint density at radius 3 is 2.45 bits per heavy atom. The van der Waals surface area contributed by atoms with Crippen LogP contribution in [0.4, 0.5) is 0 Å². The van der Waals surface area contributed by atoms with E-state index in [4.69, 9.17) is 4.74 Å². The number of para-hydroxylation sites is 1. The lowest BCUT2D eigenvalue weighted by Gasteiger charge is -2.16. The zero-order valence-corrected chi connectivity index (χ0v) is 15.8. The van der Waals surface area contributed by atoms with Crippen molar-refractivity contribution < 1.29 is 19.1 Å². The molecule has 2 aromatic carbocycles. The van der Waals surface area contributed by atoms with Crippen LogP contribution in [0, 0.1) is 0 Å². The van der Waals surface area contributed by atoms with E-state index in [9.17, 15) is 19.2 Å². The summed E-state index contributed by atoms with van der Waals surface area (Å²) in [6.07, 6.45) is 0.342. The van der Waals surface area contributed by atoms with E-state index < -0.39 is 30.1 Å². The van der Waals surface area contributed by atoms with Gasteiger partial charge in [0.1, 0.15) is 0 Å². The van der Waals surface area contributed by atoms with Gasteiger partial charge in [-0.2, -0.15) is 0 Å². The summed E-state index contributed by atoms with van der Waals surface area (Å²) >= 11 is 0. The zero-order valence-electron chi connectivity index (χ0n) is 15.8. The van der Waals surface area contributed by atoms with Crippen molar-refractivity contribution in [3.8, 4) is 0 Å². The number of benzene rings is 2. The van der Waals surface area contributed by atoms with E-state index >= 15 is 0 Å². The molecule has 0 saturated carbocycles. The van der Waals surface area contributed by atoms with E-state index in [0.29, 0.717) is 17.3 Å². The summed E-state index contributed by atoms with van der Waals surface area (Å²) in [5.74, 6) is -1.58. The van der Waals surface area contributed by atoms with Crippen LogP contribution < -0.4 is 10.9 Å². The second-order valence-corrected chi connectivity index (χ2v) is 6.59. The second-order valence-electron chi connectivity index (χ2n) is 6.59. The molecule has 1 aromatic heterocycles. The van der Waals surface area contributed by atoms with Gasteiger partial charge in [0.25, 0.3) is 5.91 Å². The van der Waals surface area contributed by atoms with E-state index in [2.05, 4.69) is 10.3 Å². The number of aromatic nitrogens is 1. The van der Waals surface area contributed by atoms with Crippen LogP contribution in [0.25, 0.3) is 10.9 Å². The molecule has 0 unspecified atom stereocenters. The quantitative estimate of drug-likeness (QED) is 0.599. The summed E-state index contributed by atoms with van der Waals surface area (Å²) in [6.45, 7) is 0.834. The molecule has 0 aliphatic rings. The lowest BCUT2D eigenvalue weighted by molar-refractivity contribution is -0.128. The molecule has 0 bridgehead atoms. The molecular formula is C22H20N2O5. The highest BCUT2D eigenvalue weighted by molar-refractivity contribution is 6.03. The number of hydrogen-bond acceptors (Lipinski definition) is 5. The molecule has 0 radical (unpaired) electrons. The monoisotopic (exact) mass is 392 g/mol. The third kappa shape index (κ3) is 5.16. The molecule has 0 aliphatic heterocycles. The Hall–Kier alpha value is -3.74. The number of esters is 1. The van der Waals surface area contributed by atoms with Gasteiger partial charge in [-0.3, -0.25) is 14.4 Å². The van der Waals surface area contributed by atoms with Crippen molar-refractivity contribution in [2.75, 3.05) is 6.61 Å². The van der Waals surface area contributed by atoms with Crippen molar-refractivity contribution in [1.29, 1.82) is 0 Å². The van der Waals surface area contributed by atoms with Gasteiger partial charge in [-0.15, -0.1) is 0 Å². The minimum Gasteiger partial charge on any atom is -0.452 e. The van der Waals surface area contributed by atoms with Crippen LogP contribution in [0.5, 0.6) is 0 Å². The van der Waals surface area contributed by atoms with Crippen molar-refractivity contribution in [2.24, 2.45) is 0 Å². The molecule has 7 nitrogen and oxygen atoms in total. The smallest absolute Gasteiger partial charge is 0.339 e. The summed E-state index contributed by atoms with van der Waals surface area (Å²) in [5, 5.41) is 3.10. The summed E-state index contributed by atoms with van der Waals surface area (Å²) in [7, 11) is 0. The maximum atomic E-state index is 12.4. The van der Waals surface area contributed by atoms with Gasteiger partial charge in [-0.05, 0) is 25.0 Å². The molecule has 0 saturated heterocycles. The van der Waals surface area contributed by atoms with Crippen LogP contribution in [0.3, 0.4) is 0 Å². The van der Waals surface area contributed by atoms with Crippen LogP contribution in [0.1, 0.15) is 22.8 Å². The highest BCUT2D eigenvalue weighted by Gasteiger charge is 2.20. The van der Waals surface area contributed by atoms with Crippen molar-refractivity contribution in [3.05, 3.63) is 82.1 Å². The minimum absolute atomic E-state index is 0.0737. The van der Waals surface area contributed by atoms with Gasteiger partial charge in [-0.25, -0.2) is 4.79 Å². The minimum atomic E-state index is -0.787. The highest BCUT2D eigenvalue weighted by atomic mass is 16.5. The van der Waals surface area contributed by atoms with Crippen molar-refractivity contribution in [2.45, 2.75) is 19.4 Å². The first-order valence-electron chi connectivity index (χ1n) is 9.07. The number of aromatic amines is 1. The molecule has 3 aromatic rings. The number of nitrogens with one attached hydrogen (secondary N) is 2. The molecule has 7 heteroatoms. The van der Waals surface area contributed by atoms with Gasteiger partial charge in [0.15, 0.2) is 12.4 Å². The number of pyridine rings is 1. The fourth-order valence-corrected chi connectivity index (χ4v) is 2.96. The zero-order chi connectivity index (χ0) is 20.8. The molecular weight excluding hydrogens is 372 g/mol. The summed E-state index contributed by atoms with van der Waals surface area (Å²) in [5.41, 5.74) is 1.03. The van der Waals surface area contributed by atoms with Gasteiger partial charge in [-0.1, -0.05) is 48.5 Å². The summed E-state index contributed by atoms with van der Waals surface area (Å²) in [6, 6.07) is 16.5. The summed E-state index contributed by atoms with van der Waals surface area (Å²) < 4.78 is 5.07. The maximum absolute atomic E-state index is 12.4. The number of hydrogen-bond donors (Lipinski definition) is 2. The highest BCUT2D eigenvalue weighted by Crippen LogP contribution is 2.15. The van der Waals surface area contributed by atoms with Crippen LogP contribution in [-0.4, -0.2) is 35.3 Å². The normalized spacial score (nSPS) is 11.6. The van der Waals surface area contributed by atoms with Crippen molar-refractivity contribution in [3.63, 3.8) is 0 Å². The largest absolute Gasteiger partial charge is 0.452 e. The Labute approximate surface area is 166 Å². The van der Waals surface area contributed by atoms with Gasteiger partial charge in [0, 0.05) is 17.0 Å². The van der Waals surface area contributed by atoms with E-state index in [1.54, 1.807) is 24.3 Å². The van der Waals surface area contributed by atoms with E-state index in [1.807, 2.05) is 30.3 Å². The molecule has 3 rings (SSSR count). The molecule has 0 spiro atoms. The third-order valence-electron chi connectivity index (χ3n) is 4.41. The fourth-order valence-electron chi connectivity index (χ4n) is 2.96. The number of fused-ring (bicyclic) bond motifs is 1. The number of carbonyl (C=O) groups is 3. The number of carbonyl (C=O) groups excluding carboxylic acids is 3. The third-order valence-corrected chi connectivity index (χ3v) is 4.41. The Morgan fingerprint density at radius 2 is 1.72 bits per heavy atom. The topological polar surface area (TPSA) is 105 Å². The fraction of sp³-hybridized carbons (Fsp3) is 0.182. The van der Waals surface area contributed by atoms with E-state index in [1.165, 1.54) is 6.92 Å². The lowest BCUT2D eigenvalue weighted by Crippen LogP contribution is -2.43. The predicted octanol–water partition coefficient (Wildman–Crippen LogP) is 2.00. The summed E-state index contributed by atoms with van der Waals surface area (Å²) in [4.78, 5) is 50.9. The number of ketones is 1. The van der Waals surface area contributed by atoms with E-state index in [0.717, 1.165) is 11.6 Å². The van der Waals surface area contributed by atoms with Crippen LogP contribution in [0.2, 0.25) is 0 Å². The van der Waals surface area contributed by atoms with Gasteiger partial charge in [0.05, 0.1) is 11.6 Å². The van der Waals surface area contributed by atoms with Gasteiger partial charge < -0.3 is 15.0 Å². The molecule has 148 valence electrons. The van der Waals surface area contributed by atoms with Gasteiger partial charge >= 0.3 is 5.97 Å². The Morgan fingerprint density at radius 1 is 1.03 bits per heavy atom. The van der Waals surface area contributed by atoms with Crippen LogP contribution in [0.15, 0.2) is 65.5 Å². The number of Topliss-reactive ketones (excluding diaryl/α,β-unsaturated/α-hetero) is 1. The number of H-pyrrole nitrogens is 1. The van der Waals surface area contributed by atoms with Crippen molar-refractivity contribution in [1.82, 2.24) is 10.3 Å². The number of amides is 1. The number of rotatable bonds is 7. The first kappa shape index (κ1) is 20.0.